The van der Waals surface area contributed by atoms with Gasteiger partial charge in [-0.1, -0.05) is 61.2 Å². The van der Waals surface area contributed by atoms with Crippen LogP contribution in [-0.2, 0) is 4.79 Å². The Morgan fingerprint density at radius 1 is 0.944 bits per heavy atom. The summed E-state index contributed by atoms with van der Waals surface area (Å²) in [5.41, 5.74) is 9.85. The fraction of sp³-hybridized carbons (Fsp3) is 0.250. The molecule has 1 saturated heterocycles. The van der Waals surface area contributed by atoms with Gasteiger partial charge in [-0.3, -0.25) is 9.59 Å². The molecule has 1 saturated carbocycles. The third kappa shape index (κ3) is 3.66. The smallest absolute Gasteiger partial charge is 0.245 e. The molecule has 8 heteroatoms. The van der Waals surface area contributed by atoms with E-state index in [0.717, 1.165) is 36.9 Å². The number of nitrogens with two attached hydrogens (primary N) is 1. The van der Waals surface area contributed by atoms with Crippen molar-refractivity contribution in [2.45, 2.75) is 18.9 Å². The molecular formula is C28H26N6O2. The number of ketones is 1. The van der Waals surface area contributed by atoms with E-state index in [-0.39, 0.29) is 17.7 Å². The molecule has 1 amide bonds. The largest absolute Gasteiger partial charge is 0.383 e. The van der Waals surface area contributed by atoms with E-state index in [4.69, 9.17) is 10.8 Å². The number of hydrogen-bond donors (Lipinski definition) is 1. The molecule has 8 nitrogen and oxygen atoms in total. The molecule has 0 spiro atoms. The summed E-state index contributed by atoms with van der Waals surface area (Å²) < 4.78 is 1.99. The molecule has 180 valence electrons. The lowest BCUT2D eigenvalue weighted by Crippen LogP contribution is -2.28. The van der Waals surface area contributed by atoms with Crippen LogP contribution in [0.3, 0.4) is 0 Å². The van der Waals surface area contributed by atoms with Crippen molar-refractivity contribution in [2.75, 3.05) is 18.8 Å². The Morgan fingerprint density at radius 3 is 2.28 bits per heavy atom. The van der Waals surface area contributed by atoms with Gasteiger partial charge in [0.25, 0.3) is 0 Å². The van der Waals surface area contributed by atoms with Crippen LogP contribution in [0.15, 0.2) is 73.6 Å². The van der Waals surface area contributed by atoms with E-state index in [1.807, 2.05) is 64.2 Å². The molecule has 36 heavy (non-hydrogen) atoms. The maximum atomic E-state index is 12.8. The highest BCUT2D eigenvalue weighted by Crippen LogP contribution is 2.45. The van der Waals surface area contributed by atoms with E-state index in [1.165, 1.54) is 12.4 Å². The van der Waals surface area contributed by atoms with Gasteiger partial charge in [0.15, 0.2) is 11.4 Å². The molecule has 0 bridgehead atoms. The van der Waals surface area contributed by atoms with Gasteiger partial charge in [-0.05, 0) is 30.8 Å². The number of aromatic nitrogens is 4. The summed E-state index contributed by atoms with van der Waals surface area (Å²) in [6.07, 6.45) is 4.72. The summed E-state index contributed by atoms with van der Waals surface area (Å²) in [4.78, 5) is 35.5. The van der Waals surface area contributed by atoms with Crippen molar-refractivity contribution in [2.24, 2.45) is 11.8 Å². The number of amides is 1. The molecule has 1 aliphatic carbocycles. The van der Waals surface area contributed by atoms with Crippen LogP contribution in [0.1, 0.15) is 34.8 Å². The van der Waals surface area contributed by atoms with Crippen LogP contribution in [0.2, 0.25) is 0 Å². The van der Waals surface area contributed by atoms with Gasteiger partial charge in [-0.25, -0.2) is 14.6 Å². The molecule has 0 radical (unpaired) electrons. The van der Waals surface area contributed by atoms with Crippen molar-refractivity contribution in [3.05, 3.63) is 84.7 Å². The van der Waals surface area contributed by atoms with Crippen LogP contribution in [0.5, 0.6) is 0 Å². The Morgan fingerprint density at radius 2 is 1.61 bits per heavy atom. The summed E-state index contributed by atoms with van der Waals surface area (Å²) in [6.45, 7) is 5.13. The average molecular weight is 479 g/mol. The first-order chi connectivity index (χ1) is 17.5. The summed E-state index contributed by atoms with van der Waals surface area (Å²) in [6, 6.07) is 16.8. The lowest BCUT2D eigenvalue weighted by atomic mass is 10.0. The fourth-order valence-corrected chi connectivity index (χ4v) is 5.76. The van der Waals surface area contributed by atoms with Crippen molar-refractivity contribution in [3.8, 4) is 11.3 Å². The third-order valence-corrected chi connectivity index (χ3v) is 7.53. The zero-order valence-electron chi connectivity index (χ0n) is 19.7. The zero-order valence-corrected chi connectivity index (χ0v) is 19.7. The standard InChI is InChI=1S/C28H26N6O2/c1-2-23(35)33-14-20-12-22(13-21(20)15-33)34-28-24(27(29)30-16-31-28)25(32-34)17-8-10-19(11-9-17)26(36)18-6-4-3-5-7-18/h2-11,16,20-22H,1,12-15H2,(H2,29,30,31). The van der Waals surface area contributed by atoms with Gasteiger partial charge in [-0.15, -0.1) is 0 Å². The molecular weight excluding hydrogens is 452 g/mol. The molecule has 2 N–H and O–H groups in total. The Kier molecular flexibility index (Phi) is 5.36. The molecule has 2 unspecified atom stereocenters. The maximum Gasteiger partial charge on any atom is 0.245 e. The normalized spacial score (nSPS) is 21.0. The molecule has 1 aliphatic heterocycles. The van der Waals surface area contributed by atoms with Crippen LogP contribution in [0.4, 0.5) is 5.82 Å². The monoisotopic (exact) mass is 478 g/mol. The van der Waals surface area contributed by atoms with Gasteiger partial charge in [0.2, 0.25) is 5.91 Å². The zero-order chi connectivity index (χ0) is 24.8. The molecule has 2 aromatic heterocycles. The minimum atomic E-state index is -0.0261. The number of carbonyl (C=O) groups excluding carboxylic acids is 2. The summed E-state index contributed by atoms with van der Waals surface area (Å²) >= 11 is 0. The van der Waals surface area contributed by atoms with E-state index < -0.39 is 0 Å². The first kappa shape index (κ1) is 22.2. The Balaban J connectivity index is 1.31. The molecule has 2 aliphatic rings. The van der Waals surface area contributed by atoms with Crippen LogP contribution < -0.4 is 5.73 Å². The predicted octanol–water partition coefficient (Wildman–Crippen LogP) is 3.90. The van der Waals surface area contributed by atoms with Gasteiger partial charge >= 0.3 is 0 Å². The van der Waals surface area contributed by atoms with Crippen molar-refractivity contribution in [1.29, 1.82) is 0 Å². The average Bonchev–Trinajstić information content (AvgIpc) is 3.61. The second kappa shape index (κ2) is 8.71. The Labute approximate surface area is 208 Å². The van der Waals surface area contributed by atoms with Crippen molar-refractivity contribution >= 4 is 28.5 Å². The van der Waals surface area contributed by atoms with Crippen LogP contribution >= 0.6 is 0 Å². The van der Waals surface area contributed by atoms with Gasteiger partial charge in [0.05, 0.1) is 11.4 Å². The quantitative estimate of drug-likeness (QED) is 0.344. The number of hydrogen-bond acceptors (Lipinski definition) is 6. The predicted molar refractivity (Wildman–Crippen MR) is 137 cm³/mol. The lowest BCUT2D eigenvalue weighted by Gasteiger charge is -2.18. The highest BCUT2D eigenvalue weighted by molar-refractivity contribution is 6.09. The third-order valence-electron chi connectivity index (χ3n) is 7.53. The van der Waals surface area contributed by atoms with Crippen molar-refractivity contribution in [1.82, 2.24) is 24.6 Å². The van der Waals surface area contributed by atoms with Crippen LogP contribution in [0, 0.1) is 11.8 Å². The van der Waals surface area contributed by atoms with E-state index in [1.54, 1.807) is 0 Å². The van der Waals surface area contributed by atoms with Gasteiger partial charge < -0.3 is 10.6 Å². The van der Waals surface area contributed by atoms with E-state index in [2.05, 4.69) is 16.5 Å². The molecule has 4 aromatic rings. The topological polar surface area (TPSA) is 107 Å². The first-order valence-corrected chi connectivity index (χ1v) is 12.1. The summed E-state index contributed by atoms with van der Waals surface area (Å²) in [5, 5.41) is 5.71. The second-order valence-corrected chi connectivity index (χ2v) is 9.62. The van der Waals surface area contributed by atoms with Gasteiger partial charge in [0, 0.05) is 29.8 Å². The minimum Gasteiger partial charge on any atom is -0.383 e. The highest BCUT2D eigenvalue weighted by atomic mass is 16.2. The van der Waals surface area contributed by atoms with E-state index in [0.29, 0.717) is 40.1 Å². The Bertz CT molecular complexity index is 1460. The number of nitrogens with zero attached hydrogens (tertiary/aromatic N) is 5. The molecule has 6 rings (SSSR count). The van der Waals surface area contributed by atoms with Crippen LogP contribution in [0.25, 0.3) is 22.3 Å². The number of rotatable bonds is 5. The molecule has 2 aromatic carbocycles. The summed E-state index contributed by atoms with van der Waals surface area (Å²) in [5.74, 6) is 1.23. The Hall–Kier alpha value is -4.33. The molecule has 2 atom stereocenters. The number of likely N-dealkylation sites (tertiary alicyclic amines) is 1. The minimum absolute atomic E-state index is 0.00230. The number of anilines is 1. The maximum absolute atomic E-state index is 12.8. The number of nitrogen functional groups attached to an aromatic ring is 1. The van der Waals surface area contributed by atoms with Gasteiger partial charge in [-0.2, -0.15) is 5.10 Å². The second-order valence-electron chi connectivity index (χ2n) is 9.62. The van der Waals surface area contributed by atoms with Crippen molar-refractivity contribution < 1.29 is 9.59 Å². The van der Waals surface area contributed by atoms with Gasteiger partial charge in [0.1, 0.15) is 17.8 Å². The molecule has 2 fully saturated rings. The lowest BCUT2D eigenvalue weighted by molar-refractivity contribution is -0.125. The first-order valence-electron chi connectivity index (χ1n) is 12.1. The SMILES string of the molecule is C=CC(=O)N1CC2CC(n3nc(-c4ccc(C(=O)c5ccccc5)cc4)c4c(N)ncnc43)CC2C1. The van der Waals surface area contributed by atoms with Crippen LogP contribution in [-0.4, -0.2) is 49.4 Å². The molecule has 3 heterocycles. The fourth-order valence-electron chi connectivity index (χ4n) is 5.76. The van der Waals surface area contributed by atoms with Crippen molar-refractivity contribution in [3.63, 3.8) is 0 Å². The highest BCUT2D eigenvalue weighted by Gasteiger charge is 2.43. The summed E-state index contributed by atoms with van der Waals surface area (Å²) in [7, 11) is 0. The number of benzene rings is 2. The number of fused-ring (bicyclic) bond motifs is 2. The number of carbonyl (C=O) groups is 2. The van der Waals surface area contributed by atoms with E-state index >= 15 is 0 Å². The van der Waals surface area contributed by atoms with E-state index in [9.17, 15) is 9.59 Å².